The molecule has 0 amide bonds. The molecule has 0 saturated carbocycles. The van der Waals surface area contributed by atoms with Gasteiger partial charge in [0.15, 0.2) is 0 Å². The Kier molecular flexibility index (Phi) is 3.97. The normalized spacial score (nSPS) is 10.8. The second-order valence-electron chi connectivity index (χ2n) is 4.60. The molecule has 0 aliphatic rings. The zero-order valence-electron chi connectivity index (χ0n) is 10.7. The summed E-state index contributed by atoms with van der Waals surface area (Å²) in [6.07, 6.45) is 0. The lowest BCUT2D eigenvalue weighted by molar-refractivity contribution is 0.691. The molecule has 2 aromatic rings. The molecular weight excluding hydrogens is 226 g/mol. The first-order valence-corrected chi connectivity index (χ1v) is 6.89. The van der Waals surface area contributed by atoms with Crippen molar-refractivity contribution in [3.05, 3.63) is 56.8 Å². The first-order chi connectivity index (χ1) is 8.16. The highest BCUT2D eigenvalue weighted by atomic mass is 32.1. The van der Waals surface area contributed by atoms with Gasteiger partial charge < -0.3 is 5.32 Å². The Labute approximate surface area is 108 Å². The van der Waals surface area contributed by atoms with Crippen molar-refractivity contribution >= 4 is 11.3 Å². The zero-order valence-corrected chi connectivity index (χ0v) is 11.5. The predicted octanol–water partition coefficient (Wildman–Crippen LogP) is 3.96. The van der Waals surface area contributed by atoms with Crippen LogP contribution in [0.1, 0.15) is 27.8 Å². The van der Waals surface area contributed by atoms with Crippen LogP contribution in [0.15, 0.2) is 29.0 Å². The molecule has 1 nitrogen and oxygen atoms in total. The van der Waals surface area contributed by atoms with Crippen molar-refractivity contribution in [3.8, 4) is 0 Å². The number of rotatable bonds is 4. The van der Waals surface area contributed by atoms with Crippen molar-refractivity contribution in [2.24, 2.45) is 0 Å². The number of nitrogens with one attached hydrogen (secondary N) is 1. The Balaban J connectivity index is 1.97. The van der Waals surface area contributed by atoms with E-state index in [9.17, 15) is 0 Å². The molecule has 0 unspecified atom stereocenters. The number of aryl methyl sites for hydroxylation is 3. The Bertz CT molecular complexity index is 486. The van der Waals surface area contributed by atoms with Crippen LogP contribution in [0.5, 0.6) is 0 Å². The van der Waals surface area contributed by atoms with Gasteiger partial charge in [0.1, 0.15) is 0 Å². The lowest BCUT2D eigenvalue weighted by Gasteiger charge is -2.10. The van der Waals surface area contributed by atoms with Gasteiger partial charge in [-0.2, -0.15) is 11.3 Å². The van der Waals surface area contributed by atoms with E-state index in [0.717, 1.165) is 13.1 Å². The summed E-state index contributed by atoms with van der Waals surface area (Å²) in [4.78, 5) is 0. The minimum Gasteiger partial charge on any atom is -0.309 e. The Morgan fingerprint density at radius 2 is 1.76 bits per heavy atom. The van der Waals surface area contributed by atoms with E-state index in [1.807, 2.05) is 0 Å². The van der Waals surface area contributed by atoms with Crippen LogP contribution in [0.2, 0.25) is 0 Å². The van der Waals surface area contributed by atoms with E-state index in [0.29, 0.717) is 0 Å². The molecule has 0 atom stereocenters. The second-order valence-corrected chi connectivity index (χ2v) is 5.38. The van der Waals surface area contributed by atoms with Crippen LogP contribution in [0.25, 0.3) is 0 Å². The number of hydrogen-bond donors (Lipinski definition) is 1. The molecule has 1 aromatic carbocycles. The fourth-order valence-corrected chi connectivity index (χ4v) is 2.61. The lowest BCUT2D eigenvalue weighted by Crippen LogP contribution is -2.13. The van der Waals surface area contributed by atoms with Crippen LogP contribution in [-0.4, -0.2) is 0 Å². The average molecular weight is 245 g/mol. The van der Waals surface area contributed by atoms with E-state index in [1.165, 1.54) is 27.8 Å². The fraction of sp³-hybridized carbons (Fsp3) is 0.333. The summed E-state index contributed by atoms with van der Waals surface area (Å²) >= 11 is 1.75. The van der Waals surface area contributed by atoms with Crippen molar-refractivity contribution in [2.75, 3.05) is 0 Å². The largest absolute Gasteiger partial charge is 0.309 e. The van der Waals surface area contributed by atoms with Crippen LogP contribution in [0.4, 0.5) is 0 Å². The molecule has 0 spiro atoms. The number of benzene rings is 1. The Morgan fingerprint density at radius 3 is 2.47 bits per heavy atom. The highest BCUT2D eigenvalue weighted by molar-refractivity contribution is 7.07. The van der Waals surface area contributed by atoms with Gasteiger partial charge in [-0.3, -0.25) is 0 Å². The van der Waals surface area contributed by atoms with Gasteiger partial charge in [-0.25, -0.2) is 0 Å². The molecule has 0 saturated heterocycles. The van der Waals surface area contributed by atoms with E-state index in [1.54, 1.807) is 11.3 Å². The maximum absolute atomic E-state index is 3.50. The minimum absolute atomic E-state index is 0.947. The predicted molar refractivity (Wildman–Crippen MR) is 75.5 cm³/mol. The summed E-state index contributed by atoms with van der Waals surface area (Å²) in [7, 11) is 0. The standard InChI is InChI=1S/C15H19NS/c1-11-6-13(3)15(7-12(11)2)9-16-8-14-4-5-17-10-14/h4-7,10,16H,8-9H2,1-3H3. The molecule has 0 fully saturated rings. The summed E-state index contributed by atoms with van der Waals surface area (Å²) in [5, 5.41) is 7.82. The molecule has 2 rings (SSSR count). The third-order valence-electron chi connectivity index (χ3n) is 3.18. The smallest absolute Gasteiger partial charge is 0.0216 e. The van der Waals surface area contributed by atoms with Gasteiger partial charge in [0.05, 0.1) is 0 Å². The summed E-state index contributed by atoms with van der Waals surface area (Å²) in [6.45, 7) is 8.44. The molecule has 1 N–H and O–H groups in total. The molecule has 2 heteroatoms. The topological polar surface area (TPSA) is 12.0 Å². The zero-order chi connectivity index (χ0) is 12.3. The fourth-order valence-electron chi connectivity index (χ4n) is 1.95. The van der Waals surface area contributed by atoms with E-state index >= 15 is 0 Å². The van der Waals surface area contributed by atoms with Crippen molar-refractivity contribution in [3.63, 3.8) is 0 Å². The molecule has 1 heterocycles. The van der Waals surface area contributed by atoms with E-state index < -0.39 is 0 Å². The van der Waals surface area contributed by atoms with Crippen LogP contribution in [-0.2, 0) is 13.1 Å². The van der Waals surface area contributed by atoms with Gasteiger partial charge in [0.2, 0.25) is 0 Å². The van der Waals surface area contributed by atoms with Crippen LogP contribution >= 0.6 is 11.3 Å². The van der Waals surface area contributed by atoms with E-state index in [-0.39, 0.29) is 0 Å². The summed E-state index contributed by atoms with van der Waals surface area (Å²) in [5.74, 6) is 0. The van der Waals surface area contributed by atoms with E-state index in [2.05, 4.69) is 55.0 Å². The van der Waals surface area contributed by atoms with Gasteiger partial charge in [-0.15, -0.1) is 0 Å². The molecule has 0 bridgehead atoms. The van der Waals surface area contributed by atoms with Crippen LogP contribution < -0.4 is 5.32 Å². The number of thiophene rings is 1. The second kappa shape index (κ2) is 5.48. The maximum atomic E-state index is 3.50. The molecule has 1 aromatic heterocycles. The molecule has 17 heavy (non-hydrogen) atoms. The summed E-state index contributed by atoms with van der Waals surface area (Å²) in [5.41, 5.74) is 6.91. The SMILES string of the molecule is Cc1cc(C)c(CNCc2ccsc2)cc1C. The molecular formula is C15H19NS. The molecule has 90 valence electrons. The molecule has 0 radical (unpaired) electrons. The quantitative estimate of drug-likeness (QED) is 0.859. The monoisotopic (exact) mass is 245 g/mol. The van der Waals surface area contributed by atoms with Gasteiger partial charge >= 0.3 is 0 Å². The van der Waals surface area contributed by atoms with Crippen molar-refractivity contribution in [2.45, 2.75) is 33.9 Å². The first kappa shape index (κ1) is 12.3. The van der Waals surface area contributed by atoms with Crippen LogP contribution in [0, 0.1) is 20.8 Å². The molecule has 0 aliphatic carbocycles. The lowest BCUT2D eigenvalue weighted by atomic mass is 10.0. The van der Waals surface area contributed by atoms with E-state index in [4.69, 9.17) is 0 Å². The number of hydrogen-bond acceptors (Lipinski definition) is 2. The highest BCUT2D eigenvalue weighted by Crippen LogP contribution is 2.15. The summed E-state index contributed by atoms with van der Waals surface area (Å²) < 4.78 is 0. The third kappa shape index (κ3) is 3.18. The minimum atomic E-state index is 0.947. The maximum Gasteiger partial charge on any atom is 0.0216 e. The van der Waals surface area contributed by atoms with Gasteiger partial charge in [0, 0.05) is 13.1 Å². The van der Waals surface area contributed by atoms with Crippen molar-refractivity contribution < 1.29 is 0 Å². The molecule has 0 aliphatic heterocycles. The van der Waals surface area contributed by atoms with Crippen molar-refractivity contribution in [1.29, 1.82) is 0 Å². The van der Waals surface area contributed by atoms with Gasteiger partial charge in [0.25, 0.3) is 0 Å². The van der Waals surface area contributed by atoms with Gasteiger partial charge in [-0.1, -0.05) is 12.1 Å². The van der Waals surface area contributed by atoms with Crippen LogP contribution in [0.3, 0.4) is 0 Å². The summed E-state index contributed by atoms with van der Waals surface area (Å²) in [6, 6.07) is 6.74. The highest BCUT2D eigenvalue weighted by Gasteiger charge is 2.01. The average Bonchev–Trinajstić information content (AvgIpc) is 2.78. The Morgan fingerprint density at radius 1 is 1.00 bits per heavy atom. The first-order valence-electron chi connectivity index (χ1n) is 5.95. The third-order valence-corrected chi connectivity index (χ3v) is 3.91. The Hall–Kier alpha value is -1.12. The van der Waals surface area contributed by atoms with Gasteiger partial charge in [-0.05, 0) is 65.4 Å². The van der Waals surface area contributed by atoms with Crippen molar-refractivity contribution in [1.82, 2.24) is 5.32 Å².